The second-order valence-electron chi connectivity index (χ2n) is 7.90. The molecule has 5 rings (SSSR count). The van der Waals surface area contributed by atoms with Crippen LogP contribution in [0.3, 0.4) is 0 Å². The number of aromatic nitrogens is 4. The van der Waals surface area contributed by atoms with E-state index in [-0.39, 0.29) is 30.0 Å². The average molecular weight is 474 g/mol. The predicted molar refractivity (Wildman–Crippen MR) is 125 cm³/mol. The number of allylic oxidation sites excluding steroid dienone is 1. The normalized spacial score (nSPS) is 15.7. The van der Waals surface area contributed by atoms with Gasteiger partial charge < -0.3 is 19.8 Å². The van der Waals surface area contributed by atoms with Crippen molar-refractivity contribution in [2.24, 2.45) is 0 Å². The minimum atomic E-state index is -0.875. The van der Waals surface area contributed by atoms with Crippen LogP contribution in [0.2, 0.25) is 0 Å². The zero-order valence-electron chi connectivity index (χ0n) is 19.0. The molecule has 0 fully saturated rings. The first-order chi connectivity index (χ1) is 17.0. The maximum atomic E-state index is 13.3. The molecule has 2 amide bonds. The van der Waals surface area contributed by atoms with Crippen LogP contribution in [-0.2, 0) is 16.1 Å². The topological polar surface area (TPSA) is 133 Å². The van der Waals surface area contributed by atoms with E-state index in [1.54, 1.807) is 30.7 Å². The van der Waals surface area contributed by atoms with Crippen molar-refractivity contribution in [1.29, 1.82) is 0 Å². The van der Waals surface area contributed by atoms with E-state index < -0.39 is 18.0 Å². The van der Waals surface area contributed by atoms with E-state index in [1.807, 2.05) is 30.3 Å². The summed E-state index contributed by atoms with van der Waals surface area (Å²) in [7, 11) is 0. The monoisotopic (exact) mass is 474 g/mol. The summed E-state index contributed by atoms with van der Waals surface area (Å²) < 4.78 is 13.8. The number of nitrogens with one attached hydrogen (secondary N) is 2. The number of esters is 1. The van der Waals surface area contributed by atoms with Gasteiger partial charge in [0.2, 0.25) is 0 Å². The minimum Gasteiger partial charge on any atom is -0.464 e. The number of nitrogens with zero attached hydrogens (tertiary/aromatic N) is 4. The van der Waals surface area contributed by atoms with E-state index in [9.17, 15) is 14.4 Å². The molecule has 0 aliphatic carbocycles. The third-order valence-corrected chi connectivity index (χ3v) is 5.58. The lowest BCUT2D eigenvalue weighted by atomic mass is 10.00. The second kappa shape index (κ2) is 8.93. The van der Waals surface area contributed by atoms with Crippen LogP contribution in [0.15, 0.2) is 75.5 Å². The van der Waals surface area contributed by atoms with Gasteiger partial charge in [-0.3, -0.25) is 9.36 Å². The summed E-state index contributed by atoms with van der Waals surface area (Å²) in [5, 5.41) is 9.95. The molecule has 1 atom stereocenters. The maximum Gasteiger partial charge on any atom is 0.338 e. The van der Waals surface area contributed by atoms with Gasteiger partial charge in [-0.25, -0.2) is 19.3 Å². The number of amides is 2. The van der Waals surface area contributed by atoms with Crippen molar-refractivity contribution < 1.29 is 18.7 Å². The number of rotatable bonds is 6. The summed E-state index contributed by atoms with van der Waals surface area (Å²) in [6.45, 7) is 3.47. The van der Waals surface area contributed by atoms with Crippen LogP contribution in [0.25, 0.3) is 16.7 Å². The maximum absolute atomic E-state index is 13.3. The molecule has 1 aliphatic rings. The van der Waals surface area contributed by atoms with E-state index in [0.717, 1.165) is 5.69 Å². The lowest BCUT2D eigenvalue weighted by Crippen LogP contribution is -2.47. The molecular formula is C24H22N6O5. The molecule has 178 valence electrons. The molecule has 0 bridgehead atoms. The Morgan fingerprint density at radius 2 is 1.97 bits per heavy atom. The lowest BCUT2D eigenvalue weighted by molar-refractivity contribution is -0.139. The summed E-state index contributed by atoms with van der Waals surface area (Å²) in [5.74, 6) is 0.370. The fraction of sp³-hybridized carbons (Fsp3) is 0.208. The van der Waals surface area contributed by atoms with Gasteiger partial charge in [0, 0.05) is 0 Å². The molecule has 35 heavy (non-hydrogen) atoms. The van der Waals surface area contributed by atoms with Crippen molar-refractivity contribution in [2.75, 3.05) is 6.61 Å². The molecule has 0 saturated heterocycles. The number of hydrogen-bond donors (Lipinski definition) is 2. The zero-order valence-corrected chi connectivity index (χ0v) is 19.0. The third kappa shape index (κ3) is 4.07. The first kappa shape index (κ1) is 22.1. The first-order valence-corrected chi connectivity index (χ1v) is 11.0. The molecule has 0 unspecified atom stereocenters. The summed E-state index contributed by atoms with van der Waals surface area (Å²) in [6, 6.07) is 11.3. The Hall–Kier alpha value is -4.67. The fourth-order valence-corrected chi connectivity index (χ4v) is 4.00. The molecule has 1 aromatic carbocycles. The fourth-order valence-electron chi connectivity index (χ4n) is 4.00. The Kier molecular flexibility index (Phi) is 5.65. The number of benzene rings is 1. The lowest BCUT2D eigenvalue weighted by Gasteiger charge is -2.28. The van der Waals surface area contributed by atoms with Crippen LogP contribution in [0, 0.1) is 6.92 Å². The predicted octanol–water partition coefficient (Wildman–Crippen LogP) is 2.35. The molecule has 1 aliphatic heterocycles. The highest BCUT2D eigenvalue weighted by molar-refractivity contribution is 5.95. The van der Waals surface area contributed by atoms with Gasteiger partial charge >= 0.3 is 12.0 Å². The molecule has 0 saturated carbocycles. The van der Waals surface area contributed by atoms with Gasteiger partial charge in [0.05, 0.1) is 36.3 Å². The van der Waals surface area contributed by atoms with E-state index >= 15 is 0 Å². The SMILES string of the molecule is CCOC(=O)C1=C(Cn2cnc3c(cnn3-c3ccccc3)c2=O)NC(=O)N[C@H]1c1ccc(C)o1. The largest absolute Gasteiger partial charge is 0.464 e. The van der Waals surface area contributed by atoms with Crippen LogP contribution in [0.1, 0.15) is 24.5 Å². The quantitative estimate of drug-likeness (QED) is 0.410. The molecule has 0 radical (unpaired) electrons. The summed E-state index contributed by atoms with van der Waals surface area (Å²) >= 11 is 0. The van der Waals surface area contributed by atoms with E-state index in [0.29, 0.717) is 22.6 Å². The Balaban J connectivity index is 1.58. The van der Waals surface area contributed by atoms with E-state index in [2.05, 4.69) is 20.7 Å². The number of fused-ring (bicyclic) bond motifs is 1. The standard InChI is InChI=1S/C24H22N6O5/c1-3-34-23(32)19-17(27-24(33)28-20(19)18-10-9-14(2)35-18)12-29-13-25-21-16(22(29)31)11-26-30(21)15-7-5-4-6-8-15/h4-11,13,20H,3,12H2,1-2H3,(H2,27,28,33)/t20-/m0/s1. The van der Waals surface area contributed by atoms with Crippen LogP contribution >= 0.6 is 0 Å². The Labute approximate surface area is 199 Å². The number of furan rings is 1. The van der Waals surface area contributed by atoms with Crippen molar-refractivity contribution in [3.63, 3.8) is 0 Å². The number of ether oxygens (including phenoxy) is 1. The number of aryl methyl sites for hydroxylation is 1. The van der Waals surface area contributed by atoms with E-state index in [4.69, 9.17) is 9.15 Å². The molecule has 3 aromatic heterocycles. The highest BCUT2D eigenvalue weighted by Crippen LogP contribution is 2.29. The van der Waals surface area contributed by atoms with Crippen molar-refractivity contribution in [3.8, 4) is 5.69 Å². The smallest absolute Gasteiger partial charge is 0.338 e. The van der Waals surface area contributed by atoms with Crippen molar-refractivity contribution in [1.82, 2.24) is 30.0 Å². The molecular weight excluding hydrogens is 452 g/mol. The molecule has 11 heteroatoms. The van der Waals surface area contributed by atoms with Crippen LogP contribution in [0.5, 0.6) is 0 Å². The van der Waals surface area contributed by atoms with Gasteiger partial charge in [0.25, 0.3) is 5.56 Å². The van der Waals surface area contributed by atoms with E-state index in [1.165, 1.54) is 17.1 Å². The number of carbonyl (C=O) groups is 2. The molecule has 2 N–H and O–H groups in total. The Morgan fingerprint density at radius 1 is 1.17 bits per heavy atom. The van der Waals surface area contributed by atoms with Crippen LogP contribution in [0.4, 0.5) is 4.79 Å². The Bertz CT molecular complexity index is 1510. The number of para-hydroxylation sites is 1. The van der Waals surface area contributed by atoms with Gasteiger partial charge in [-0.1, -0.05) is 18.2 Å². The minimum absolute atomic E-state index is 0.115. The number of urea groups is 1. The highest BCUT2D eigenvalue weighted by atomic mass is 16.5. The second-order valence-corrected chi connectivity index (χ2v) is 7.90. The van der Waals surface area contributed by atoms with Crippen LogP contribution < -0.4 is 16.2 Å². The number of carbonyl (C=O) groups excluding carboxylic acids is 2. The highest BCUT2D eigenvalue weighted by Gasteiger charge is 2.35. The molecule has 11 nitrogen and oxygen atoms in total. The summed E-state index contributed by atoms with van der Waals surface area (Å²) in [6.07, 6.45) is 2.81. The number of hydrogen-bond acceptors (Lipinski definition) is 7. The Morgan fingerprint density at radius 3 is 2.69 bits per heavy atom. The molecule has 0 spiro atoms. The molecule has 4 heterocycles. The van der Waals surface area contributed by atoms with Crippen molar-refractivity contribution in [3.05, 3.63) is 88.1 Å². The van der Waals surface area contributed by atoms with Gasteiger partial charge in [-0.2, -0.15) is 5.10 Å². The first-order valence-electron chi connectivity index (χ1n) is 11.0. The third-order valence-electron chi connectivity index (χ3n) is 5.58. The zero-order chi connectivity index (χ0) is 24.5. The van der Waals surface area contributed by atoms with Gasteiger partial charge in [0.1, 0.15) is 29.3 Å². The van der Waals surface area contributed by atoms with Crippen LogP contribution in [-0.4, -0.2) is 37.9 Å². The summed E-state index contributed by atoms with van der Waals surface area (Å²) in [4.78, 5) is 43.1. The van der Waals surface area contributed by atoms with Gasteiger partial charge in [0.15, 0.2) is 5.65 Å². The molecule has 4 aromatic rings. The average Bonchev–Trinajstić information content (AvgIpc) is 3.48. The van der Waals surface area contributed by atoms with Gasteiger partial charge in [-0.05, 0) is 38.1 Å². The van der Waals surface area contributed by atoms with Crippen molar-refractivity contribution in [2.45, 2.75) is 26.4 Å². The summed E-state index contributed by atoms with van der Waals surface area (Å²) in [5.41, 5.74) is 1.15. The van der Waals surface area contributed by atoms with Gasteiger partial charge in [-0.15, -0.1) is 0 Å². The van der Waals surface area contributed by atoms with Crippen molar-refractivity contribution >= 4 is 23.0 Å².